The number of amides is 1. The lowest BCUT2D eigenvalue weighted by molar-refractivity contribution is -0.127. The molecule has 1 amide bonds. The molecule has 26 heavy (non-hydrogen) atoms. The molecule has 0 saturated heterocycles. The summed E-state index contributed by atoms with van der Waals surface area (Å²) in [4.78, 5) is 14.4. The summed E-state index contributed by atoms with van der Waals surface area (Å²) in [5.41, 5.74) is 1.10. The zero-order valence-electron chi connectivity index (χ0n) is 15.5. The molecule has 0 aliphatic carbocycles. The molecule has 2 rings (SSSR count). The SMILES string of the molecule is COc1ccc(C(CNC(=O)C(C)Oc2cccc(Cl)c2)N(C)C)cc1. The van der Waals surface area contributed by atoms with Gasteiger partial charge in [-0.25, -0.2) is 0 Å². The topological polar surface area (TPSA) is 50.8 Å². The minimum atomic E-state index is -0.618. The normalized spacial score (nSPS) is 13.2. The number of carbonyl (C=O) groups excluding carboxylic acids is 1. The number of carbonyl (C=O) groups is 1. The Morgan fingerprint density at radius 2 is 1.85 bits per heavy atom. The van der Waals surface area contributed by atoms with Crippen LogP contribution in [0.2, 0.25) is 5.02 Å². The molecule has 2 atom stereocenters. The largest absolute Gasteiger partial charge is 0.497 e. The Morgan fingerprint density at radius 3 is 2.42 bits per heavy atom. The first kappa shape index (κ1) is 20.1. The van der Waals surface area contributed by atoms with E-state index in [1.807, 2.05) is 38.4 Å². The lowest BCUT2D eigenvalue weighted by Crippen LogP contribution is -2.41. The van der Waals surface area contributed by atoms with Crippen LogP contribution < -0.4 is 14.8 Å². The molecule has 5 nitrogen and oxygen atoms in total. The number of methoxy groups -OCH3 is 1. The Hall–Kier alpha value is -2.24. The average Bonchev–Trinajstić information content (AvgIpc) is 2.62. The number of likely N-dealkylation sites (N-methyl/N-ethyl adjacent to an activating group) is 1. The van der Waals surface area contributed by atoms with E-state index in [-0.39, 0.29) is 11.9 Å². The summed E-state index contributed by atoms with van der Waals surface area (Å²) in [6.07, 6.45) is -0.618. The highest BCUT2D eigenvalue weighted by Gasteiger charge is 2.19. The molecule has 6 heteroatoms. The van der Waals surface area contributed by atoms with Gasteiger partial charge in [0.1, 0.15) is 11.5 Å². The minimum absolute atomic E-state index is 0.0447. The second-order valence-electron chi connectivity index (χ2n) is 6.22. The molecule has 2 aromatic rings. The van der Waals surface area contributed by atoms with Gasteiger partial charge in [0.15, 0.2) is 6.10 Å². The van der Waals surface area contributed by atoms with Crippen LogP contribution in [-0.4, -0.2) is 44.7 Å². The standard InChI is InChI=1S/C20H25ClN2O3/c1-14(26-18-7-5-6-16(21)12-18)20(24)22-13-19(23(2)3)15-8-10-17(25-4)11-9-15/h5-12,14,19H,13H2,1-4H3,(H,22,24). The first-order valence-corrected chi connectivity index (χ1v) is 8.79. The van der Waals surface area contributed by atoms with Crippen molar-refractivity contribution in [3.63, 3.8) is 0 Å². The number of halogens is 1. The molecule has 0 saturated carbocycles. The zero-order chi connectivity index (χ0) is 19.1. The van der Waals surface area contributed by atoms with Crippen molar-refractivity contribution in [2.24, 2.45) is 0 Å². The van der Waals surface area contributed by atoms with Crippen molar-refractivity contribution in [1.82, 2.24) is 10.2 Å². The highest BCUT2D eigenvalue weighted by atomic mass is 35.5. The van der Waals surface area contributed by atoms with Crippen LogP contribution in [-0.2, 0) is 4.79 Å². The van der Waals surface area contributed by atoms with Crippen LogP contribution in [0.4, 0.5) is 0 Å². The average molecular weight is 377 g/mol. The Balaban J connectivity index is 1.95. The second-order valence-corrected chi connectivity index (χ2v) is 6.65. The van der Waals surface area contributed by atoms with E-state index in [1.54, 1.807) is 38.3 Å². The van der Waals surface area contributed by atoms with E-state index in [4.69, 9.17) is 21.1 Å². The molecule has 0 aromatic heterocycles. The minimum Gasteiger partial charge on any atom is -0.497 e. The number of nitrogens with zero attached hydrogens (tertiary/aromatic N) is 1. The predicted octanol–water partition coefficient (Wildman–Crippen LogP) is 3.54. The molecule has 0 aliphatic heterocycles. The van der Waals surface area contributed by atoms with Gasteiger partial charge in [-0.05, 0) is 56.9 Å². The van der Waals surface area contributed by atoms with Crippen LogP contribution in [0.1, 0.15) is 18.5 Å². The van der Waals surface area contributed by atoms with Crippen molar-refractivity contribution in [3.05, 3.63) is 59.1 Å². The van der Waals surface area contributed by atoms with E-state index in [1.165, 1.54) is 0 Å². The van der Waals surface area contributed by atoms with Gasteiger partial charge in [-0.3, -0.25) is 4.79 Å². The van der Waals surface area contributed by atoms with Crippen LogP contribution in [0, 0.1) is 0 Å². The van der Waals surface area contributed by atoms with Crippen LogP contribution in [0.5, 0.6) is 11.5 Å². The van der Waals surface area contributed by atoms with Crippen LogP contribution in [0.25, 0.3) is 0 Å². The quantitative estimate of drug-likeness (QED) is 0.765. The first-order chi connectivity index (χ1) is 12.4. The van der Waals surface area contributed by atoms with Crippen LogP contribution in [0.15, 0.2) is 48.5 Å². The lowest BCUT2D eigenvalue weighted by atomic mass is 10.1. The van der Waals surface area contributed by atoms with Gasteiger partial charge in [-0.1, -0.05) is 29.8 Å². The van der Waals surface area contributed by atoms with E-state index in [2.05, 4.69) is 10.2 Å². The van der Waals surface area contributed by atoms with Crippen LogP contribution >= 0.6 is 11.6 Å². The van der Waals surface area contributed by atoms with E-state index < -0.39 is 6.10 Å². The van der Waals surface area contributed by atoms with Gasteiger partial charge in [0.2, 0.25) is 0 Å². The van der Waals surface area contributed by atoms with E-state index in [0.717, 1.165) is 11.3 Å². The summed E-state index contributed by atoms with van der Waals surface area (Å²) in [6.45, 7) is 2.19. The number of ether oxygens (including phenoxy) is 2. The van der Waals surface area contributed by atoms with Crippen molar-refractivity contribution in [2.75, 3.05) is 27.7 Å². The molecule has 1 N–H and O–H groups in total. The Bertz CT molecular complexity index is 719. The fraction of sp³-hybridized carbons (Fsp3) is 0.350. The molecule has 2 aromatic carbocycles. The van der Waals surface area contributed by atoms with Crippen molar-refractivity contribution in [3.8, 4) is 11.5 Å². The van der Waals surface area contributed by atoms with E-state index >= 15 is 0 Å². The summed E-state index contributed by atoms with van der Waals surface area (Å²) >= 11 is 5.94. The zero-order valence-corrected chi connectivity index (χ0v) is 16.3. The summed E-state index contributed by atoms with van der Waals surface area (Å²) in [5.74, 6) is 1.20. The number of hydrogen-bond acceptors (Lipinski definition) is 4. The molecule has 2 unspecified atom stereocenters. The molecular formula is C20H25ClN2O3. The van der Waals surface area contributed by atoms with E-state index in [9.17, 15) is 4.79 Å². The third kappa shape index (κ3) is 5.64. The third-order valence-corrected chi connectivity index (χ3v) is 4.31. The van der Waals surface area contributed by atoms with Gasteiger partial charge in [-0.15, -0.1) is 0 Å². The van der Waals surface area contributed by atoms with Crippen LogP contribution in [0.3, 0.4) is 0 Å². The van der Waals surface area contributed by atoms with Gasteiger partial charge in [-0.2, -0.15) is 0 Å². The maximum absolute atomic E-state index is 12.4. The monoisotopic (exact) mass is 376 g/mol. The number of benzene rings is 2. The van der Waals surface area contributed by atoms with Gasteiger partial charge < -0.3 is 19.7 Å². The highest BCUT2D eigenvalue weighted by molar-refractivity contribution is 6.30. The van der Waals surface area contributed by atoms with Crippen molar-refractivity contribution < 1.29 is 14.3 Å². The molecule has 0 fully saturated rings. The Labute approximate surface area is 159 Å². The van der Waals surface area contributed by atoms with Gasteiger partial charge in [0.25, 0.3) is 5.91 Å². The maximum Gasteiger partial charge on any atom is 0.260 e. The molecule has 0 aliphatic rings. The lowest BCUT2D eigenvalue weighted by Gasteiger charge is -2.26. The highest BCUT2D eigenvalue weighted by Crippen LogP contribution is 2.21. The smallest absolute Gasteiger partial charge is 0.260 e. The number of nitrogens with one attached hydrogen (secondary N) is 1. The molecule has 0 radical (unpaired) electrons. The molecule has 0 spiro atoms. The van der Waals surface area contributed by atoms with Gasteiger partial charge >= 0.3 is 0 Å². The molecule has 0 bridgehead atoms. The molecule has 140 valence electrons. The fourth-order valence-corrected chi connectivity index (χ4v) is 2.74. The summed E-state index contributed by atoms with van der Waals surface area (Å²) in [5, 5.41) is 3.53. The molecular weight excluding hydrogens is 352 g/mol. The Kier molecular flexibility index (Phi) is 7.30. The van der Waals surface area contributed by atoms with Crippen molar-refractivity contribution in [1.29, 1.82) is 0 Å². The maximum atomic E-state index is 12.4. The van der Waals surface area contributed by atoms with E-state index in [0.29, 0.717) is 17.3 Å². The third-order valence-electron chi connectivity index (χ3n) is 4.07. The summed E-state index contributed by atoms with van der Waals surface area (Å²) in [7, 11) is 5.60. The van der Waals surface area contributed by atoms with Crippen molar-refractivity contribution in [2.45, 2.75) is 19.1 Å². The second kappa shape index (κ2) is 9.46. The summed E-state index contributed by atoms with van der Waals surface area (Å²) in [6, 6.07) is 14.9. The number of hydrogen-bond donors (Lipinski definition) is 1. The first-order valence-electron chi connectivity index (χ1n) is 8.41. The Morgan fingerprint density at radius 1 is 1.15 bits per heavy atom. The predicted molar refractivity (Wildman–Crippen MR) is 104 cm³/mol. The van der Waals surface area contributed by atoms with Gasteiger partial charge in [0, 0.05) is 11.6 Å². The van der Waals surface area contributed by atoms with Gasteiger partial charge in [0.05, 0.1) is 13.2 Å². The number of rotatable bonds is 8. The summed E-state index contributed by atoms with van der Waals surface area (Å²) < 4.78 is 10.9. The molecule has 0 heterocycles. The van der Waals surface area contributed by atoms with Crippen molar-refractivity contribution >= 4 is 17.5 Å². The fourth-order valence-electron chi connectivity index (χ4n) is 2.56.